The summed E-state index contributed by atoms with van der Waals surface area (Å²) in [6, 6.07) is 14.4. The lowest BCUT2D eigenvalue weighted by molar-refractivity contribution is -0.131. The van der Waals surface area contributed by atoms with Gasteiger partial charge in [0.05, 0.1) is 6.42 Å². The highest BCUT2D eigenvalue weighted by atomic mass is 79.9. The Hall–Kier alpha value is -2.07. The minimum absolute atomic E-state index is 0.189. The Balaban J connectivity index is 1.59. The summed E-state index contributed by atoms with van der Waals surface area (Å²) in [6.07, 6.45) is 1.34. The number of carbonyl (C=O) groups is 1. The molecular formula is C20H19BrN2O. The second-order valence-electron chi connectivity index (χ2n) is 6.46. The molecule has 3 aromatic rings. The van der Waals surface area contributed by atoms with Gasteiger partial charge in [0.25, 0.3) is 0 Å². The van der Waals surface area contributed by atoms with Crippen LogP contribution in [0.25, 0.3) is 10.9 Å². The van der Waals surface area contributed by atoms with Gasteiger partial charge in [0, 0.05) is 46.1 Å². The summed E-state index contributed by atoms with van der Waals surface area (Å²) in [5, 5.41) is 1.25. The van der Waals surface area contributed by atoms with Crippen LogP contribution in [-0.4, -0.2) is 22.3 Å². The van der Waals surface area contributed by atoms with Crippen LogP contribution >= 0.6 is 15.9 Å². The van der Waals surface area contributed by atoms with E-state index in [-0.39, 0.29) is 5.91 Å². The normalized spacial score (nSPS) is 14.0. The summed E-state index contributed by atoms with van der Waals surface area (Å²) >= 11 is 3.53. The standard InChI is InChI=1S/C20H19BrN2O/c1-13-6-7-18-15(10-13)16-12-23(9-8-19(16)22-18)20(24)11-14-4-2-3-5-17(14)21/h2-7,10,22H,8-9,11-12H2,1H3. The molecule has 122 valence electrons. The molecule has 0 unspecified atom stereocenters. The maximum atomic E-state index is 12.7. The van der Waals surface area contributed by atoms with Crippen molar-refractivity contribution in [2.45, 2.75) is 26.3 Å². The quantitative estimate of drug-likeness (QED) is 0.701. The topological polar surface area (TPSA) is 36.1 Å². The van der Waals surface area contributed by atoms with Gasteiger partial charge in [-0.25, -0.2) is 0 Å². The molecule has 1 aliphatic heterocycles. The first-order valence-electron chi connectivity index (χ1n) is 8.23. The predicted molar refractivity (Wildman–Crippen MR) is 100 cm³/mol. The van der Waals surface area contributed by atoms with Crippen LogP contribution in [0.4, 0.5) is 0 Å². The van der Waals surface area contributed by atoms with Crippen LogP contribution in [0.3, 0.4) is 0 Å². The summed E-state index contributed by atoms with van der Waals surface area (Å²) < 4.78 is 0.999. The first-order chi connectivity index (χ1) is 11.6. The molecule has 1 amide bonds. The number of amides is 1. The first-order valence-corrected chi connectivity index (χ1v) is 9.02. The van der Waals surface area contributed by atoms with Crippen molar-refractivity contribution in [3.8, 4) is 0 Å². The lowest BCUT2D eigenvalue weighted by Gasteiger charge is -2.27. The lowest BCUT2D eigenvalue weighted by Crippen LogP contribution is -2.36. The van der Waals surface area contributed by atoms with E-state index < -0.39 is 0 Å². The number of aryl methyl sites for hydroxylation is 1. The van der Waals surface area contributed by atoms with E-state index in [0.29, 0.717) is 13.0 Å². The molecule has 0 atom stereocenters. The van der Waals surface area contributed by atoms with Gasteiger partial charge in [0.1, 0.15) is 0 Å². The highest BCUT2D eigenvalue weighted by Crippen LogP contribution is 2.29. The Morgan fingerprint density at radius 3 is 2.92 bits per heavy atom. The van der Waals surface area contributed by atoms with E-state index in [9.17, 15) is 4.79 Å². The molecule has 1 aromatic heterocycles. The van der Waals surface area contributed by atoms with Crippen LogP contribution in [0.2, 0.25) is 0 Å². The molecule has 1 aliphatic rings. The van der Waals surface area contributed by atoms with Crippen LogP contribution in [-0.2, 0) is 24.2 Å². The third kappa shape index (κ3) is 2.75. The number of hydrogen-bond donors (Lipinski definition) is 1. The number of aromatic nitrogens is 1. The number of benzene rings is 2. The zero-order valence-corrected chi connectivity index (χ0v) is 15.2. The second-order valence-corrected chi connectivity index (χ2v) is 7.32. The maximum absolute atomic E-state index is 12.7. The van der Waals surface area contributed by atoms with E-state index in [4.69, 9.17) is 0 Å². The Labute approximate surface area is 149 Å². The molecule has 0 radical (unpaired) electrons. The summed E-state index contributed by atoms with van der Waals surface area (Å²) in [7, 11) is 0. The number of aromatic amines is 1. The van der Waals surface area contributed by atoms with Gasteiger partial charge in [-0.3, -0.25) is 4.79 Å². The number of fused-ring (bicyclic) bond motifs is 3. The molecule has 24 heavy (non-hydrogen) atoms. The average molecular weight is 383 g/mol. The molecule has 0 saturated heterocycles. The second kappa shape index (κ2) is 6.10. The fourth-order valence-electron chi connectivity index (χ4n) is 3.46. The third-order valence-corrected chi connectivity index (χ3v) is 5.56. The van der Waals surface area contributed by atoms with Crippen molar-refractivity contribution in [2.24, 2.45) is 0 Å². The van der Waals surface area contributed by atoms with Crippen molar-refractivity contribution in [3.63, 3.8) is 0 Å². The summed E-state index contributed by atoms with van der Waals surface area (Å²) in [5.74, 6) is 0.189. The number of carbonyl (C=O) groups excluding carboxylic acids is 1. The summed E-state index contributed by atoms with van der Waals surface area (Å²) in [4.78, 5) is 18.2. The van der Waals surface area contributed by atoms with E-state index in [1.54, 1.807) is 0 Å². The largest absolute Gasteiger partial charge is 0.358 e. The summed E-state index contributed by atoms with van der Waals surface area (Å²) in [5.41, 5.74) is 6.02. The van der Waals surface area contributed by atoms with E-state index in [2.05, 4.69) is 46.0 Å². The smallest absolute Gasteiger partial charge is 0.227 e. The third-order valence-electron chi connectivity index (χ3n) is 4.78. The fraction of sp³-hybridized carbons (Fsp3) is 0.250. The zero-order chi connectivity index (χ0) is 16.7. The Bertz CT molecular complexity index is 929. The van der Waals surface area contributed by atoms with Gasteiger partial charge in [0.2, 0.25) is 5.91 Å². The van der Waals surface area contributed by atoms with Crippen molar-refractivity contribution in [1.82, 2.24) is 9.88 Å². The number of halogens is 1. The van der Waals surface area contributed by atoms with Crippen LogP contribution in [0, 0.1) is 6.92 Å². The monoisotopic (exact) mass is 382 g/mol. The van der Waals surface area contributed by atoms with Gasteiger partial charge < -0.3 is 9.88 Å². The molecule has 2 aromatic carbocycles. The lowest BCUT2D eigenvalue weighted by atomic mass is 10.0. The minimum Gasteiger partial charge on any atom is -0.358 e. The van der Waals surface area contributed by atoms with Gasteiger partial charge in [-0.05, 0) is 30.7 Å². The van der Waals surface area contributed by atoms with Gasteiger partial charge in [-0.2, -0.15) is 0 Å². The molecule has 4 rings (SSSR count). The number of nitrogens with zero attached hydrogens (tertiary/aromatic N) is 1. The summed E-state index contributed by atoms with van der Waals surface area (Å²) in [6.45, 7) is 3.58. The van der Waals surface area contributed by atoms with E-state index in [1.165, 1.54) is 27.7 Å². The van der Waals surface area contributed by atoms with E-state index in [1.807, 2.05) is 29.2 Å². The van der Waals surface area contributed by atoms with Crippen LogP contribution in [0.15, 0.2) is 46.9 Å². The Morgan fingerprint density at radius 2 is 2.08 bits per heavy atom. The molecule has 3 nitrogen and oxygen atoms in total. The molecule has 4 heteroatoms. The van der Waals surface area contributed by atoms with Crippen LogP contribution in [0.5, 0.6) is 0 Å². The molecular weight excluding hydrogens is 364 g/mol. The number of H-pyrrole nitrogens is 1. The number of hydrogen-bond acceptors (Lipinski definition) is 1. The highest BCUT2D eigenvalue weighted by molar-refractivity contribution is 9.10. The van der Waals surface area contributed by atoms with Gasteiger partial charge in [0.15, 0.2) is 0 Å². The van der Waals surface area contributed by atoms with Crippen molar-refractivity contribution < 1.29 is 4.79 Å². The van der Waals surface area contributed by atoms with E-state index in [0.717, 1.165) is 23.0 Å². The van der Waals surface area contributed by atoms with Crippen LogP contribution in [0.1, 0.15) is 22.4 Å². The van der Waals surface area contributed by atoms with Gasteiger partial charge in [-0.15, -0.1) is 0 Å². The number of rotatable bonds is 2. The molecule has 0 bridgehead atoms. The van der Waals surface area contributed by atoms with Crippen molar-refractivity contribution >= 4 is 32.7 Å². The fourth-order valence-corrected chi connectivity index (χ4v) is 3.88. The first kappa shape index (κ1) is 15.5. The van der Waals surface area contributed by atoms with Gasteiger partial charge in [-0.1, -0.05) is 45.8 Å². The molecule has 2 heterocycles. The van der Waals surface area contributed by atoms with Gasteiger partial charge >= 0.3 is 0 Å². The van der Waals surface area contributed by atoms with E-state index >= 15 is 0 Å². The Kier molecular flexibility index (Phi) is 3.93. The molecule has 0 aliphatic carbocycles. The highest BCUT2D eigenvalue weighted by Gasteiger charge is 2.24. The molecule has 0 saturated carbocycles. The van der Waals surface area contributed by atoms with Crippen molar-refractivity contribution in [1.29, 1.82) is 0 Å². The van der Waals surface area contributed by atoms with Crippen LogP contribution < -0.4 is 0 Å². The van der Waals surface area contributed by atoms with Crippen molar-refractivity contribution in [2.75, 3.05) is 6.54 Å². The molecule has 0 spiro atoms. The maximum Gasteiger partial charge on any atom is 0.227 e. The average Bonchev–Trinajstić information content (AvgIpc) is 2.94. The molecule has 0 fully saturated rings. The van der Waals surface area contributed by atoms with Crippen molar-refractivity contribution in [3.05, 3.63) is 69.3 Å². The zero-order valence-electron chi connectivity index (χ0n) is 13.6. The SMILES string of the molecule is Cc1ccc2[nH]c3c(c2c1)CN(C(=O)Cc1ccccc1Br)CC3. The Morgan fingerprint density at radius 1 is 1.25 bits per heavy atom. The minimum atomic E-state index is 0.189. The number of nitrogens with one attached hydrogen (secondary N) is 1. The molecule has 1 N–H and O–H groups in total. The predicted octanol–water partition coefficient (Wildman–Crippen LogP) is 4.37.